The van der Waals surface area contributed by atoms with Crippen molar-refractivity contribution in [3.05, 3.63) is 50.2 Å². The zero-order valence-corrected chi connectivity index (χ0v) is 14.1. The molecule has 0 spiro atoms. The summed E-state index contributed by atoms with van der Waals surface area (Å²) in [6.07, 6.45) is 0.701. The average Bonchev–Trinajstić information content (AvgIpc) is 2.65. The molecular weight excluding hydrogens is 340 g/mol. The second kappa shape index (κ2) is 6.26. The molecule has 0 aliphatic heterocycles. The van der Waals surface area contributed by atoms with E-state index in [0.717, 1.165) is 21.3 Å². The zero-order chi connectivity index (χ0) is 14.9. The Morgan fingerprint density at radius 3 is 2.70 bits per heavy atom. The van der Waals surface area contributed by atoms with E-state index in [0.29, 0.717) is 11.6 Å². The Labute approximate surface area is 132 Å². The van der Waals surface area contributed by atoms with Gasteiger partial charge in [0.1, 0.15) is 5.15 Å². The van der Waals surface area contributed by atoms with Gasteiger partial charge in [-0.3, -0.25) is 16.0 Å². The molecule has 1 aromatic carbocycles. The molecule has 0 aliphatic rings. The topological polar surface area (TPSA) is 55.9 Å². The van der Waals surface area contributed by atoms with Gasteiger partial charge in [0.2, 0.25) is 0 Å². The van der Waals surface area contributed by atoms with E-state index in [-0.39, 0.29) is 6.04 Å². The van der Waals surface area contributed by atoms with E-state index in [2.05, 4.69) is 45.5 Å². The summed E-state index contributed by atoms with van der Waals surface area (Å²) in [5.74, 6) is 5.74. The van der Waals surface area contributed by atoms with E-state index in [1.165, 1.54) is 5.56 Å². The van der Waals surface area contributed by atoms with Crippen LogP contribution in [0.1, 0.15) is 28.4 Å². The third-order valence-corrected chi connectivity index (χ3v) is 4.46. The van der Waals surface area contributed by atoms with Crippen molar-refractivity contribution in [3.8, 4) is 0 Å². The molecule has 2 aromatic rings. The van der Waals surface area contributed by atoms with Gasteiger partial charge in [-0.05, 0) is 43.5 Å². The molecule has 0 bridgehead atoms. The molecule has 2 rings (SSSR count). The first-order valence-electron chi connectivity index (χ1n) is 6.34. The molecule has 0 amide bonds. The van der Waals surface area contributed by atoms with Gasteiger partial charge in [-0.25, -0.2) is 0 Å². The van der Waals surface area contributed by atoms with Crippen LogP contribution < -0.4 is 11.3 Å². The van der Waals surface area contributed by atoms with Crippen molar-refractivity contribution in [1.29, 1.82) is 0 Å². The van der Waals surface area contributed by atoms with Crippen molar-refractivity contribution in [3.63, 3.8) is 0 Å². The highest BCUT2D eigenvalue weighted by Crippen LogP contribution is 2.28. The fourth-order valence-corrected chi connectivity index (χ4v) is 2.99. The molecule has 3 N–H and O–H groups in total. The van der Waals surface area contributed by atoms with Crippen LogP contribution in [-0.2, 0) is 13.5 Å². The number of aromatic nitrogens is 2. The molecular formula is C14H18BrClN4. The van der Waals surface area contributed by atoms with Gasteiger partial charge >= 0.3 is 0 Å². The lowest BCUT2D eigenvalue weighted by atomic mass is 9.96. The maximum atomic E-state index is 6.30. The number of hydrogen-bond donors (Lipinski definition) is 2. The van der Waals surface area contributed by atoms with Gasteiger partial charge in [-0.2, -0.15) is 5.10 Å². The first kappa shape index (κ1) is 15.5. The lowest BCUT2D eigenvalue weighted by molar-refractivity contribution is 0.548. The van der Waals surface area contributed by atoms with Crippen molar-refractivity contribution in [2.75, 3.05) is 0 Å². The van der Waals surface area contributed by atoms with Crippen LogP contribution in [0.2, 0.25) is 5.15 Å². The summed E-state index contributed by atoms with van der Waals surface area (Å²) in [7, 11) is 1.84. The second-order valence-electron chi connectivity index (χ2n) is 4.90. The highest BCUT2D eigenvalue weighted by Gasteiger charge is 2.19. The van der Waals surface area contributed by atoms with Gasteiger partial charge in [0, 0.05) is 17.1 Å². The Hall–Kier alpha value is -0.880. The van der Waals surface area contributed by atoms with Gasteiger partial charge in [0.05, 0.1) is 11.7 Å². The molecule has 0 fully saturated rings. The van der Waals surface area contributed by atoms with Gasteiger partial charge in [0.15, 0.2) is 0 Å². The van der Waals surface area contributed by atoms with Crippen LogP contribution in [0.4, 0.5) is 0 Å². The average molecular weight is 358 g/mol. The van der Waals surface area contributed by atoms with Crippen LogP contribution >= 0.6 is 27.5 Å². The fourth-order valence-electron chi connectivity index (χ4n) is 2.36. The van der Waals surface area contributed by atoms with E-state index in [4.69, 9.17) is 17.4 Å². The molecule has 4 nitrogen and oxygen atoms in total. The highest BCUT2D eigenvalue weighted by molar-refractivity contribution is 9.10. The summed E-state index contributed by atoms with van der Waals surface area (Å²) in [6, 6.07) is 6.17. The highest BCUT2D eigenvalue weighted by atomic mass is 79.9. The van der Waals surface area contributed by atoms with E-state index in [1.54, 1.807) is 4.68 Å². The predicted molar refractivity (Wildman–Crippen MR) is 85.6 cm³/mol. The van der Waals surface area contributed by atoms with Crippen molar-refractivity contribution < 1.29 is 0 Å². The molecule has 20 heavy (non-hydrogen) atoms. The normalized spacial score (nSPS) is 12.7. The van der Waals surface area contributed by atoms with Crippen LogP contribution in [0.3, 0.4) is 0 Å². The van der Waals surface area contributed by atoms with E-state index in [1.807, 2.05) is 20.0 Å². The van der Waals surface area contributed by atoms with Crippen LogP contribution in [0.25, 0.3) is 0 Å². The molecule has 1 atom stereocenters. The van der Waals surface area contributed by atoms with Gasteiger partial charge in [-0.15, -0.1) is 0 Å². The summed E-state index contributed by atoms with van der Waals surface area (Å²) in [4.78, 5) is 0. The van der Waals surface area contributed by atoms with Crippen LogP contribution in [0, 0.1) is 13.8 Å². The van der Waals surface area contributed by atoms with E-state index in [9.17, 15) is 0 Å². The minimum absolute atomic E-state index is 0.00657. The number of hydrogen-bond acceptors (Lipinski definition) is 3. The Kier molecular flexibility index (Phi) is 4.86. The SMILES string of the molecule is Cc1ccc(Br)cc1C(Cc1c(C)nn(C)c1Cl)NN. The fraction of sp³-hybridized carbons (Fsp3) is 0.357. The number of rotatable bonds is 4. The van der Waals surface area contributed by atoms with Crippen molar-refractivity contribution in [1.82, 2.24) is 15.2 Å². The van der Waals surface area contributed by atoms with Crippen LogP contribution in [-0.4, -0.2) is 9.78 Å². The molecule has 0 saturated heterocycles. The lowest BCUT2D eigenvalue weighted by Crippen LogP contribution is -2.30. The standard InChI is InChI=1S/C14H18BrClN4/c1-8-4-5-10(15)6-11(8)13(18-17)7-12-9(2)19-20(3)14(12)16/h4-6,13,18H,7,17H2,1-3H3. The van der Waals surface area contributed by atoms with Gasteiger partial charge in [-0.1, -0.05) is 33.6 Å². The monoisotopic (exact) mass is 356 g/mol. The molecule has 6 heteroatoms. The summed E-state index contributed by atoms with van der Waals surface area (Å²) >= 11 is 9.80. The molecule has 0 radical (unpaired) electrons. The van der Waals surface area contributed by atoms with Crippen molar-refractivity contribution in [2.24, 2.45) is 12.9 Å². The minimum Gasteiger partial charge on any atom is -0.271 e. The first-order chi connectivity index (χ1) is 9.43. The first-order valence-corrected chi connectivity index (χ1v) is 7.51. The number of nitrogens with zero attached hydrogens (tertiary/aromatic N) is 2. The molecule has 108 valence electrons. The molecule has 1 aromatic heterocycles. The number of nitrogens with one attached hydrogen (secondary N) is 1. The smallest absolute Gasteiger partial charge is 0.130 e. The molecule has 1 heterocycles. The third-order valence-electron chi connectivity index (χ3n) is 3.50. The largest absolute Gasteiger partial charge is 0.271 e. The number of halogens is 2. The van der Waals surface area contributed by atoms with Crippen molar-refractivity contribution in [2.45, 2.75) is 26.3 Å². The van der Waals surface area contributed by atoms with Crippen LogP contribution in [0.15, 0.2) is 22.7 Å². The van der Waals surface area contributed by atoms with Crippen LogP contribution in [0.5, 0.6) is 0 Å². The quantitative estimate of drug-likeness (QED) is 0.652. The Morgan fingerprint density at radius 2 is 2.15 bits per heavy atom. The Balaban J connectivity index is 2.36. The zero-order valence-electron chi connectivity index (χ0n) is 11.7. The molecule has 0 saturated carbocycles. The summed E-state index contributed by atoms with van der Waals surface area (Å²) in [6.45, 7) is 4.03. The third kappa shape index (κ3) is 3.06. The Morgan fingerprint density at radius 1 is 1.45 bits per heavy atom. The summed E-state index contributed by atoms with van der Waals surface area (Å²) in [5, 5.41) is 5.00. The lowest BCUT2D eigenvalue weighted by Gasteiger charge is -2.19. The maximum absolute atomic E-state index is 6.30. The molecule has 0 aliphatic carbocycles. The summed E-state index contributed by atoms with van der Waals surface area (Å²) < 4.78 is 2.72. The van der Waals surface area contributed by atoms with Gasteiger partial charge in [0.25, 0.3) is 0 Å². The van der Waals surface area contributed by atoms with E-state index < -0.39 is 0 Å². The van der Waals surface area contributed by atoms with Crippen molar-refractivity contribution >= 4 is 27.5 Å². The minimum atomic E-state index is -0.00657. The number of aryl methyl sites for hydroxylation is 3. The number of benzene rings is 1. The van der Waals surface area contributed by atoms with Gasteiger partial charge < -0.3 is 0 Å². The maximum Gasteiger partial charge on any atom is 0.130 e. The second-order valence-corrected chi connectivity index (χ2v) is 6.18. The number of nitrogens with two attached hydrogens (primary N) is 1. The Bertz CT molecular complexity index is 624. The summed E-state index contributed by atoms with van der Waals surface area (Å²) in [5.41, 5.74) is 7.18. The number of hydrazine groups is 1. The predicted octanol–water partition coefficient (Wildman–Crippen LogP) is 3.20. The van der Waals surface area contributed by atoms with E-state index >= 15 is 0 Å². The molecule has 1 unspecified atom stereocenters.